The van der Waals surface area contributed by atoms with Crippen LogP contribution >= 0.6 is 0 Å². The van der Waals surface area contributed by atoms with Gasteiger partial charge in [-0.25, -0.2) is 4.98 Å². The Morgan fingerprint density at radius 2 is 2.20 bits per heavy atom. The summed E-state index contributed by atoms with van der Waals surface area (Å²) in [6.45, 7) is 5.39. The van der Waals surface area contributed by atoms with Crippen molar-refractivity contribution < 1.29 is 0 Å². The number of benzene rings is 1. The monoisotopic (exact) mass is 201 g/mol. The fraction of sp³-hybridized carbons (Fsp3) is 0.417. The van der Waals surface area contributed by atoms with Crippen molar-refractivity contribution in [2.75, 3.05) is 6.54 Å². The molecule has 78 valence electrons. The Morgan fingerprint density at radius 3 is 2.87 bits per heavy atom. The first-order valence-electron chi connectivity index (χ1n) is 5.39. The first-order chi connectivity index (χ1) is 7.17. The van der Waals surface area contributed by atoms with Gasteiger partial charge in [-0.2, -0.15) is 0 Å². The molecule has 1 fully saturated rings. The summed E-state index contributed by atoms with van der Waals surface area (Å²) in [7, 11) is 0. The SMILES string of the molecule is Cc1ccc2nc(C3(C)CCN3)[nH]c2c1. The van der Waals surface area contributed by atoms with Gasteiger partial charge in [0, 0.05) is 0 Å². The van der Waals surface area contributed by atoms with Crippen LogP contribution in [0.3, 0.4) is 0 Å². The molecule has 1 unspecified atom stereocenters. The molecule has 2 aromatic rings. The number of aryl methyl sites for hydroxylation is 1. The molecule has 1 aromatic heterocycles. The number of hydrogen-bond acceptors (Lipinski definition) is 2. The highest BCUT2D eigenvalue weighted by molar-refractivity contribution is 5.76. The van der Waals surface area contributed by atoms with Crippen molar-refractivity contribution in [1.82, 2.24) is 15.3 Å². The van der Waals surface area contributed by atoms with Crippen molar-refractivity contribution in [3.05, 3.63) is 29.6 Å². The molecule has 0 bridgehead atoms. The second-order valence-corrected chi connectivity index (χ2v) is 4.61. The van der Waals surface area contributed by atoms with Gasteiger partial charge in [-0.1, -0.05) is 6.07 Å². The van der Waals surface area contributed by atoms with E-state index in [4.69, 9.17) is 0 Å². The van der Waals surface area contributed by atoms with E-state index in [0.29, 0.717) is 0 Å². The normalized spacial score (nSPS) is 25.5. The smallest absolute Gasteiger partial charge is 0.127 e. The van der Waals surface area contributed by atoms with Crippen LogP contribution in [0.1, 0.15) is 24.7 Å². The average molecular weight is 201 g/mol. The molecule has 2 heterocycles. The van der Waals surface area contributed by atoms with Crippen LogP contribution < -0.4 is 5.32 Å². The standard InChI is InChI=1S/C12H15N3/c1-8-3-4-9-10(7-8)15-11(14-9)12(2)5-6-13-12/h3-4,7,13H,5-6H2,1-2H3,(H,14,15). The third kappa shape index (κ3) is 1.27. The second-order valence-electron chi connectivity index (χ2n) is 4.61. The van der Waals surface area contributed by atoms with E-state index < -0.39 is 0 Å². The lowest BCUT2D eigenvalue weighted by Gasteiger charge is -2.38. The number of hydrogen-bond donors (Lipinski definition) is 2. The van der Waals surface area contributed by atoms with Crippen molar-refractivity contribution >= 4 is 11.0 Å². The van der Waals surface area contributed by atoms with E-state index in [-0.39, 0.29) is 5.54 Å². The molecule has 0 amide bonds. The highest BCUT2D eigenvalue weighted by atomic mass is 15.1. The number of H-pyrrole nitrogens is 1. The molecule has 1 saturated heterocycles. The zero-order chi connectivity index (χ0) is 10.5. The van der Waals surface area contributed by atoms with E-state index in [9.17, 15) is 0 Å². The maximum Gasteiger partial charge on any atom is 0.127 e. The van der Waals surface area contributed by atoms with Crippen LogP contribution in [0.25, 0.3) is 11.0 Å². The summed E-state index contributed by atoms with van der Waals surface area (Å²) in [5.74, 6) is 1.06. The third-order valence-electron chi connectivity index (χ3n) is 3.30. The number of aromatic nitrogens is 2. The van der Waals surface area contributed by atoms with Crippen molar-refractivity contribution in [2.24, 2.45) is 0 Å². The number of nitrogens with one attached hydrogen (secondary N) is 2. The van der Waals surface area contributed by atoms with Gasteiger partial charge in [0.05, 0.1) is 16.6 Å². The zero-order valence-electron chi connectivity index (χ0n) is 9.09. The molecular formula is C12H15N3. The molecule has 1 aliphatic rings. The molecule has 3 rings (SSSR count). The first-order valence-corrected chi connectivity index (χ1v) is 5.39. The molecule has 3 heteroatoms. The number of aromatic amines is 1. The third-order valence-corrected chi connectivity index (χ3v) is 3.30. The number of rotatable bonds is 1. The maximum absolute atomic E-state index is 4.63. The molecule has 15 heavy (non-hydrogen) atoms. The molecule has 1 aliphatic heterocycles. The topological polar surface area (TPSA) is 40.7 Å². The molecule has 2 N–H and O–H groups in total. The largest absolute Gasteiger partial charge is 0.340 e. The quantitative estimate of drug-likeness (QED) is 0.741. The predicted octanol–water partition coefficient (Wildman–Crippen LogP) is 2.08. The zero-order valence-corrected chi connectivity index (χ0v) is 9.09. The van der Waals surface area contributed by atoms with Gasteiger partial charge >= 0.3 is 0 Å². The van der Waals surface area contributed by atoms with Crippen molar-refractivity contribution in [1.29, 1.82) is 0 Å². The van der Waals surface area contributed by atoms with Gasteiger partial charge < -0.3 is 10.3 Å². The minimum atomic E-state index is 0.0624. The summed E-state index contributed by atoms with van der Waals surface area (Å²) >= 11 is 0. The summed E-state index contributed by atoms with van der Waals surface area (Å²) in [5, 5.41) is 3.42. The lowest BCUT2D eigenvalue weighted by atomic mass is 9.90. The Bertz CT molecular complexity index is 509. The lowest BCUT2D eigenvalue weighted by molar-refractivity contribution is 0.224. The molecule has 0 radical (unpaired) electrons. The Hall–Kier alpha value is -1.35. The van der Waals surface area contributed by atoms with Gasteiger partial charge in [0.1, 0.15) is 5.82 Å². The molecule has 1 atom stereocenters. The predicted molar refractivity (Wildman–Crippen MR) is 60.8 cm³/mol. The second kappa shape index (κ2) is 2.83. The molecule has 1 aromatic carbocycles. The fourth-order valence-electron chi connectivity index (χ4n) is 2.09. The summed E-state index contributed by atoms with van der Waals surface area (Å²) in [5.41, 5.74) is 3.53. The van der Waals surface area contributed by atoms with Crippen LogP contribution in [0.2, 0.25) is 0 Å². The van der Waals surface area contributed by atoms with E-state index in [1.165, 1.54) is 5.56 Å². The van der Waals surface area contributed by atoms with Gasteiger partial charge in [0.25, 0.3) is 0 Å². The summed E-state index contributed by atoms with van der Waals surface area (Å²) in [6, 6.07) is 6.32. The van der Waals surface area contributed by atoms with Crippen LogP contribution in [0.15, 0.2) is 18.2 Å². The fourth-order valence-corrected chi connectivity index (χ4v) is 2.09. The Morgan fingerprint density at radius 1 is 1.40 bits per heavy atom. The van der Waals surface area contributed by atoms with Crippen LogP contribution in [0.4, 0.5) is 0 Å². The van der Waals surface area contributed by atoms with Gasteiger partial charge in [-0.3, -0.25) is 0 Å². The van der Waals surface area contributed by atoms with Crippen molar-refractivity contribution in [2.45, 2.75) is 25.8 Å². The minimum Gasteiger partial charge on any atom is -0.340 e. The van der Waals surface area contributed by atoms with E-state index in [0.717, 1.165) is 29.8 Å². The van der Waals surface area contributed by atoms with Crippen LogP contribution in [0.5, 0.6) is 0 Å². The summed E-state index contributed by atoms with van der Waals surface area (Å²) < 4.78 is 0. The van der Waals surface area contributed by atoms with Crippen molar-refractivity contribution in [3.63, 3.8) is 0 Å². The minimum absolute atomic E-state index is 0.0624. The summed E-state index contributed by atoms with van der Waals surface area (Å²) in [4.78, 5) is 8.03. The molecule has 3 nitrogen and oxygen atoms in total. The average Bonchev–Trinajstić information content (AvgIpc) is 2.57. The number of fused-ring (bicyclic) bond motifs is 1. The summed E-state index contributed by atoms with van der Waals surface area (Å²) in [6.07, 6.45) is 1.16. The van der Waals surface area contributed by atoms with Gasteiger partial charge in [-0.15, -0.1) is 0 Å². The van der Waals surface area contributed by atoms with Gasteiger partial charge in [0.15, 0.2) is 0 Å². The highest BCUT2D eigenvalue weighted by Gasteiger charge is 2.35. The molecular weight excluding hydrogens is 186 g/mol. The Balaban J connectivity index is 2.14. The van der Waals surface area contributed by atoms with Crippen molar-refractivity contribution in [3.8, 4) is 0 Å². The van der Waals surface area contributed by atoms with Crippen LogP contribution in [-0.2, 0) is 5.54 Å². The number of nitrogens with zero attached hydrogens (tertiary/aromatic N) is 1. The first kappa shape index (κ1) is 8.92. The lowest BCUT2D eigenvalue weighted by Crippen LogP contribution is -2.52. The van der Waals surface area contributed by atoms with E-state index in [1.807, 2.05) is 0 Å². The molecule has 0 saturated carbocycles. The maximum atomic E-state index is 4.63. The van der Waals surface area contributed by atoms with Crippen LogP contribution in [-0.4, -0.2) is 16.5 Å². The van der Waals surface area contributed by atoms with Gasteiger partial charge in [0.2, 0.25) is 0 Å². The van der Waals surface area contributed by atoms with E-state index >= 15 is 0 Å². The van der Waals surface area contributed by atoms with Crippen LogP contribution in [0, 0.1) is 6.92 Å². The Labute approximate surface area is 88.9 Å². The molecule has 0 spiro atoms. The number of imidazole rings is 1. The van der Waals surface area contributed by atoms with E-state index in [1.54, 1.807) is 0 Å². The Kier molecular flexibility index (Phi) is 1.68. The molecule has 0 aliphatic carbocycles. The highest BCUT2D eigenvalue weighted by Crippen LogP contribution is 2.29. The van der Waals surface area contributed by atoms with Gasteiger partial charge in [-0.05, 0) is 44.5 Å². The van der Waals surface area contributed by atoms with E-state index in [2.05, 4.69) is 47.3 Å².